The Kier molecular flexibility index (Phi) is 7.30. The summed E-state index contributed by atoms with van der Waals surface area (Å²) in [6, 6.07) is 0.538. The van der Waals surface area contributed by atoms with Gasteiger partial charge in [-0.3, -0.25) is 9.59 Å². The van der Waals surface area contributed by atoms with Gasteiger partial charge >= 0.3 is 0 Å². The Morgan fingerprint density at radius 1 is 1.20 bits per heavy atom. The molecule has 20 heavy (non-hydrogen) atoms. The van der Waals surface area contributed by atoms with E-state index in [1.165, 1.54) is 12.8 Å². The zero-order valence-corrected chi connectivity index (χ0v) is 12.8. The highest BCUT2D eigenvalue weighted by atomic mass is 35.5. The van der Waals surface area contributed by atoms with Gasteiger partial charge in [-0.1, -0.05) is 0 Å². The van der Waals surface area contributed by atoms with Crippen LogP contribution < -0.4 is 11.1 Å². The van der Waals surface area contributed by atoms with Gasteiger partial charge in [0.15, 0.2) is 0 Å². The summed E-state index contributed by atoms with van der Waals surface area (Å²) in [6.07, 6.45) is 6.34. The summed E-state index contributed by atoms with van der Waals surface area (Å²) in [5.74, 6) is 0.418. The highest BCUT2D eigenvalue weighted by molar-refractivity contribution is 5.85. The number of carbonyl (C=O) groups excluding carboxylic acids is 2. The summed E-state index contributed by atoms with van der Waals surface area (Å²) in [6.45, 7) is 2.67. The van der Waals surface area contributed by atoms with Crippen molar-refractivity contribution < 1.29 is 9.59 Å². The van der Waals surface area contributed by atoms with E-state index in [0.29, 0.717) is 24.8 Å². The van der Waals surface area contributed by atoms with Crippen LogP contribution in [-0.2, 0) is 9.59 Å². The monoisotopic (exact) mass is 303 g/mol. The molecule has 116 valence electrons. The zero-order chi connectivity index (χ0) is 13.7. The lowest BCUT2D eigenvalue weighted by Crippen LogP contribution is -2.39. The predicted molar refractivity (Wildman–Crippen MR) is 80.6 cm³/mol. The van der Waals surface area contributed by atoms with Crippen molar-refractivity contribution in [2.24, 2.45) is 11.7 Å². The van der Waals surface area contributed by atoms with Gasteiger partial charge in [0.05, 0.1) is 0 Å². The van der Waals surface area contributed by atoms with Gasteiger partial charge in [0, 0.05) is 32.0 Å². The second-order valence-electron chi connectivity index (χ2n) is 5.83. The minimum atomic E-state index is -0.225. The van der Waals surface area contributed by atoms with E-state index in [9.17, 15) is 9.59 Å². The van der Waals surface area contributed by atoms with Crippen LogP contribution in [0.1, 0.15) is 44.9 Å². The molecule has 0 bridgehead atoms. The van der Waals surface area contributed by atoms with Gasteiger partial charge in [-0.25, -0.2) is 0 Å². The lowest BCUT2D eigenvalue weighted by Gasteiger charge is -2.31. The standard InChI is InChI=1S/C14H25N3O2.ClH/c15-13(18)10-11-5-8-17(9-6-11)14(19)4-3-12-2-1-7-16-12;/h11-12,16H,1-10H2,(H2,15,18);1H. The molecule has 2 aliphatic heterocycles. The molecule has 0 aromatic rings. The van der Waals surface area contributed by atoms with Crippen LogP contribution in [0.15, 0.2) is 0 Å². The molecule has 0 spiro atoms. The third-order valence-corrected chi connectivity index (χ3v) is 4.33. The number of likely N-dealkylation sites (tertiary alicyclic amines) is 1. The average molecular weight is 304 g/mol. The maximum absolute atomic E-state index is 12.1. The molecule has 2 fully saturated rings. The van der Waals surface area contributed by atoms with Crippen LogP contribution in [0.3, 0.4) is 0 Å². The van der Waals surface area contributed by atoms with Crippen LogP contribution in [0.25, 0.3) is 0 Å². The van der Waals surface area contributed by atoms with E-state index in [1.54, 1.807) is 0 Å². The number of nitrogens with two attached hydrogens (primary N) is 1. The van der Waals surface area contributed by atoms with Crippen molar-refractivity contribution in [2.45, 2.75) is 51.0 Å². The van der Waals surface area contributed by atoms with Crippen LogP contribution in [0, 0.1) is 5.92 Å². The third kappa shape index (κ3) is 5.29. The predicted octanol–water partition coefficient (Wildman–Crippen LogP) is 1.05. The van der Waals surface area contributed by atoms with E-state index in [1.807, 2.05) is 4.90 Å². The molecule has 2 heterocycles. The topological polar surface area (TPSA) is 75.4 Å². The first-order chi connectivity index (χ1) is 9.15. The smallest absolute Gasteiger partial charge is 0.222 e. The Morgan fingerprint density at radius 2 is 1.90 bits per heavy atom. The minimum absolute atomic E-state index is 0. The number of amides is 2. The summed E-state index contributed by atoms with van der Waals surface area (Å²) < 4.78 is 0. The van der Waals surface area contributed by atoms with Gasteiger partial charge in [0.25, 0.3) is 0 Å². The second kappa shape index (κ2) is 8.47. The molecule has 2 aliphatic rings. The first-order valence-electron chi connectivity index (χ1n) is 7.44. The molecule has 1 atom stereocenters. The first kappa shape index (κ1) is 17.2. The number of primary amides is 1. The third-order valence-electron chi connectivity index (χ3n) is 4.33. The molecule has 5 nitrogen and oxygen atoms in total. The number of hydrogen-bond donors (Lipinski definition) is 2. The van der Waals surface area contributed by atoms with E-state index >= 15 is 0 Å². The van der Waals surface area contributed by atoms with Crippen molar-refractivity contribution in [2.75, 3.05) is 19.6 Å². The fraction of sp³-hybridized carbons (Fsp3) is 0.857. The van der Waals surface area contributed by atoms with Gasteiger partial charge in [-0.15, -0.1) is 12.4 Å². The SMILES string of the molecule is Cl.NC(=O)CC1CCN(C(=O)CCC2CCCN2)CC1. The molecule has 1 unspecified atom stereocenters. The lowest BCUT2D eigenvalue weighted by atomic mass is 9.93. The highest BCUT2D eigenvalue weighted by Crippen LogP contribution is 2.21. The van der Waals surface area contributed by atoms with Crippen molar-refractivity contribution in [3.8, 4) is 0 Å². The highest BCUT2D eigenvalue weighted by Gasteiger charge is 2.24. The van der Waals surface area contributed by atoms with Gasteiger partial charge in [-0.2, -0.15) is 0 Å². The number of piperidine rings is 1. The maximum Gasteiger partial charge on any atom is 0.222 e. The number of hydrogen-bond acceptors (Lipinski definition) is 3. The summed E-state index contributed by atoms with van der Waals surface area (Å²) in [5, 5.41) is 3.42. The Bertz CT molecular complexity index is 324. The number of halogens is 1. The molecule has 0 aromatic heterocycles. The average Bonchev–Trinajstić information content (AvgIpc) is 2.89. The molecular weight excluding hydrogens is 278 g/mol. The molecule has 0 aliphatic carbocycles. The van der Waals surface area contributed by atoms with Gasteiger partial charge in [0.1, 0.15) is 0 Å². The van der Waals surface area contributed by atoms with Crippen LogP contribution >= 0.6 is 12.4 Å². The summed E-state index contributed by atoms with van der Waals surface area (Å²) in [7, 11) is 0. The van der Waals surface area contributed by atoms with Crippen LogP contribution in [-0.4, -0.2) is 42.4 Å². The van der Waals surface area contributed by atoms with Crippen molar-refractivity contribution in [1.29, 1.82) is 0 Å². The van der Waals surface area contributed by atoms with Gasteiger partial charge < -0.3 is 16.0 Å². The fourth-order valence-electron chi connectivity index (χ4n) is 3.13. The summed E-state index contributed by atoms with van der Waals surface area (Å²) in [5.41, 5.74) is 5.21. The molecule has 6 heteroatoms. The summed E-state index contributed by atoms with van der Waals surface area (Å²) in [4.78, 5) is 24.9. The maximum atomic E-state index is 12.1. The largest absolute Gasteiger partial charge is 0.370 e. The van der Waals surface area contributed by atoms with E-state index in [-0.39, 0.29) is 24.2 Å². The van der Waals surface area contributed by atoms with Crippen molar-refractivity contribution in [3.63, 3.8) is 0 Å². The Labute approximate surface area is 127 Å². The normalized spacial score (nSPS) is 23.4. The van der Waals surface area contributed by atoms with E-state index in [4.69, 9.17) is 5.73 Å². The van der Waals surface area contributed by atoms with E-state index < -0.39 is 0 Å². The fourth-order valence-corrected chi connectivity index (χ4v) is 3.13. The first-order valence-corrected chi connectivity index (χ1v) is 7.44. The van der Waals surface area contributed by atoms with E-state index in [2.05, 4.69) is 5.32 Å². The molecule has 0 radical (unpaired) electrons. The summed E-state index contributed by atoms with van der Waals surface area (Å²) >= 11 is 0. The Hall–Kier alpha value is -0.810. The molecule has 3 N–H and O–H groups in total. The quantitative estimate of drug-likeness (QED) is 0.797. The van der Waals surface area contributed by atoms with Crippen molar-refractivity contribution >= 4 is 24.2 Å². The molecule has 2 saturated heterocycles. The molecule has 2 rings (SSSR count). The van der Waals surface area contributed by atoms with Crippen LogP contribution in [0.4, 0.5) is 0 Å². The number of nitrogens with one attached hydrogen (secondary N) is 1. The van der Waals surface area contributed by atoms with Crippen LogP contribution in [0.2, 0.25) is 0 Å². The second-order valence-corrected chi connectivity index (χ2v) is 5.83. The lowest BCUT2D eigenvalue weighted by molar-refractivity contribution is -0.132. The van der Waals surface area contributed by atoms with Gasteiger partial charge in [-0.05, 0) is 44.6 Å². The van der Waals surface area contributed by atoms with Crippen molar-refractivity contribution in [1.82, 2.24) is 10.2 Å². The molecular formula is C14H26ClN3O2. The molecule has 2 amide bonds. The number of carbonyl (C=O) groups is 2. The minimum Gasteiger partial charge on any atom is -0.370 e. The number of nitrogens with zero attached hydrogens (tertiary/aromatic N) is 1. The molecule has 0 aromatic carbocycles. The van der Waals surface area contributed by atoms with Crippen LogP contribution in [0.5, 0.6) is 0 Å². The molecule has 0 saturated carbocycles. The van der Waals surface area contributed by atoms with Crippen molar-refractivity contribution in [3.05, 3.63) is 0 Å². The van der Waals surface area contributed by atoms with Gasteiger partial charge in [0.2, 0.25) is 11.8 Å². The van der Waals surface area contributed by atoms with E-state index in [0.717, 1.165) is 38.9 Å². The Balaban J connectivity index is 0.00000200. The zero-order valence-electron chi connectivity index (χ0n) is 12.0. The Morgan fingerprint density at radius 3 is 2.45 bits per heavy atom. The number of rotatable bonds is 5.